The maximum absolute atomic E-state index is 3.55. The minimum Gasteiger partial charge on any atom is -0.317 e. The van der Waals surface area contributed by atoms with Crippen LogP contribution in [0.25, 0.3) is 0 Å². The fourth-order valence-corrected chi connectivity index (χ4v) is 3.74. The van der Waals surface area contributed by atoms with E-state index in [0.717, 1.165) is 23.8 Å². The fourth-order valence-electron chi connectivity index (χ4n) is 3.74. The molecule has 0 aromatic heterocycles. The van der Waals surface area contributed by atoms with Crippen molar-refractivity contribution < 1.29 is 0 Å². The third-order valence-corrected chi connectivity index (χ3v) is 4.53. The van der Waals surface area contributed by atoms with E-state index < -0.39 is 0 Å². The molecule has 4 atom stereocenters. The highest BCUT2D eigenvalue weighted by atomic mass is 14.9. The Morgan fingerprint density at radius 1 is 1.00 bits per heavy atom. The zero-order valence-corrected chi connectivity index (χ0v) is 9.76. The SMILES string of the molecule is CNC1CCCC2CCCC(C)CC21. The van der Waals surface area contributed by atoms with Crippen LogP contribution in [0, 0.1) is 17.8 Å². The highest BCUT2D eigenvalue weighted by Crippen LogP contribution is 2.41. The zero-order chi connectivity index (χ0) is 9.97. The normalized spacial score (nSPS) is 44.1. The van der Waals surface area contributed by atoms with Crippen LogP contribution in [0.1, 0.15) is 51.9 Å². The van der Waals surface area contributed by atoms with Gasteiger partial charge in [-0.05, 0) is 37.6 Å². The summed E-state index contributed by atoms with van der Waals surface area (Å²) in [6.07, 6.45) is 10.3. The number of hydrogen-bond acceptors (Lipinski definition) is 1. The monoisotopic (exact) mass is 195 g/mol. The second-order valence-electron chi connectivity index (χ2n) is 5.52. The molecule has 14 heavy (non-hydrogen) atoms. The van der Waals surface area contributed by atoms with Crippen molar-refractivity contribution in [2.24, 2.45) is 17.8 Å². The summed E-state index contributed by atoms with van der Waals surface area (Å²) in [5.74, 6) is 3.01. The van der Waals surface area contributed by atoms with Gasteiger partial charge in [0.05, 0.1) is 0 Å². The lowest BCUT2D eigenvalue weighted by Gasteiger charge is -2.38. The molecular weight excluding hydrogens is 170 g/mol. The molecule has 4 unspecified atom stereocenters. The highest BCUT2D eigenvalue weighted by Gasteiger charge is 2.34. The lowest BCUT2D eigenvalue weighted by molar-refractivity contribution is 0.163. The van der Waals surface area contributed by atoms with Crippen molar-refractivity contribution in [2.45, 2.75) is 57.9 Å². The second-order valence-corrected chi connectivity index (χ2v) is 5.52. The van der Waals surface area contributed by atoms with Gasteiger partial charge in [0.2, 0.25) is 0 Å². The van der Waals surface area contributed by atoms with Crippen LogP contribution in [0.3, 0.4) is 0 Å². The van der Waals surface area contributed by atoms with Crippen molar-refractivity contribution in [3.63, 3.8) is 0 Å². The quantitative estimate of drug-likeness (QED) is 0.677. The van der Waals surface area contributed by atoms with Gasteiger partial charge in [-0.3, -0.25) is 0 Å². The Hall–Kier alpha value is -0.0400. The molecular formula is C13H25N. The molecule has 2 fully saturated rings. The molecule has 1 nitrogen and oxygen atoms in total. The van der Waals surface area contributed by atoms with Gasteiger partial charge in [-0.15, -0.1) is 0 Å². The van der Waals surface area contributed by atoms with Crippen molar-refractivity contribution in [3.8, 4) is 0 Å². The van der Waals surface area contributed by atoms with E-state index in [4.69, 9.17) is 0 Å². The van der Waals surface area contributed by atoms with Gasteiger partial charge >= 0.3 is 0 Å². The average Bonchev–Trinajstić information content (AvgIpc) is 2.38. The van der Waals surface area contributed by atoms with Gasteiger partial charge in [0.1, 0.15) is 0 Å². The summed E-state index contributed by atoms with van der Waals surface area (Å²) in [6.45, 7) is 2.45. The van der Waals surface area contributed by atoms with E-state index in [-0.39, 0.29) is 0 Å². The standard InChI is InChI=1S/C13H25N/c1-10-5-3-6-11-7-4-8-13(14-2)12(11)9-10/h10-14H,3-9H2,1-2H3. The summed E-state index contributed by atoms with van der Waals surface area (Å²) in [5.41, 5.74) is 0. The molecule has 0 aromatic rings. The van der Waals surface area contributed by atoms with Gasteiger partial charge in [-0.1, -0.05) is 39.0 Å². The third kappa shape index (κ3) is 2.13. The van der Waals surface area contributed by atoms with Crippen LogP contribution in [0.15, 0.2) is 0 Å². The van der Waals surface area contributed by atoms with Crippen LogP contribution in [0.2, 0.25) is 0 Å². The molecule has 1 N–H and O–H groups in total. The van der Waals surface area contributed by atoms with Crippen LogP contribution in [-0.4, -0.2) is 13.1 Å². The summed E-state index contributed by atoms with van der Waals surface area (Å²) in [7, 11) is 2.16. The van der Waals surface area contributed by atoms with E-state index in [9.17, 15) is 0 Å². The summed E-state index contributed by atoms with van der Waals surface area (Å²) in [4.78, 5) is 0. The van der Waals surface area contributed by atoms with E-state index in [2.05, 4.69) is 19.3 Å². The zero-order valence-electron chi connectivity index (χ0n) is 9.76. The van der Waals surface area contributed by atoms with Gasteiger partial charge < -0.3 is 5.32 Å². The first kappa shape index (κ1) is 10.5. The Labute approximate surface area is 88.7 Å². The number of nitrogens with one attached hydrogen (secondary N) is 1. The molecule has 1 heteroatoms. The molecule has 0 amide bonds. The summed E-state index contributed by atoms with van der Waals surface area (Å²) >= 11 is 0. The largest absolute Gasteiger partial charge is 0.317 e. The van der Waals surface area contributed by atoms with Crippen LogP contribution in [0.5, 0.6) is 0 Å². The average molecular weight is 195 g/mol. The predicted octanol–water partition coefficient (Wildman–Crippen LogP) is 3.20. The molecule has 0 saturated heterocycles. The second kappa shape index (κ2) is 4.65. The van der Waals surface area contributed by atoms with E-state index >= 15 is 0 Å². The van der Waals surface area contributed by atoms with E-state index in [1.807, 2.05) is 0 Å². The topological polar surface area (TPSA) is 12.0 Å². The number of fused-ring (bicyclic) bond motifs is 1. The minimum absolute atomic E-state index is 0.828. The molecule has 2 aliphatic carbocycles. The Kier molecular flexibility index (Phi) is 3.48. The van der Waals surface area contributed by atoms with E-state index in [1.54, 1.807) is 0 Å². The van der Waals surface area contributed by atoms with Crippen molar-refractivity contribution in [2.75, 3.05) is 7.05 Å². The lowest BCUT2D eigenvalue weighted by Crippen LogP contribution is -2.41. The molecule has 0 aromatic carbocycles. The van der Waals surface area contributed by atoms with Crippen LogP contribution in [-0.2, 0) is 0 Å². The summed E-state index contributed by atoms with van der Waals surface area (Å²) in [5, 5.41) is 3.55. The highest BCUT2D eigenvalue weighted by molar-refractivity contribution is 4.88. The summed E-state index contributed by atoms with van der Waals surface area (Å²) in [6, 6.07) is 0.828. The first-order valence-corrected chi connectivity index (χ1v) is 6.48. The molecule has 0 spiro atoms. The van der Waals surface area contributed by atoms with Crippen molar-refractivity contribution >= 4 is 0 Å². The predicted molar refractivity (Wildman–Crippen MR) is 61.3 cm³/mol. The minimum atomic E-state index is 0.828. The molecule has 2 saturated carbocycles. The fraction of sp³-hybridized carbons (Fsp3) is 1.00. The first-order valence-electron chi connectivity index (χ1n) is 6.48. The molecule has 0 bridgehead atoms. The number of rotatable bonds is 1. The summed E-state index contributed by atoms with van der Waals surface area (Å²) < 4.78 is 0. The smallest absolute Gasteiger partial charge is 0.00950 e. The van der Waals surface area contributed by atoms with Crippen molar-refractivity contribution in [3.05, 3.63) is 0 Å². The molecule has 82 valence electrons. The molecule has 0 radical (unpaired) electrons. The third-order valence-electron chi connectivity index (χ3n) is 4.53. The Morgan fingerprint density at radius 2 is 1.71 bits per heavy atom. The first-order chi connectivity index (χ1) is 6.81. The lowest BCUT2D eigenvalue weighted by atomic mass is 9.72. The maximum Gasteiger partial charge on any atom is 0.00950 e. The molecule has 2 rings (SSSR count). The Balaban J connectivity index is 2.04. The van der Waals surface area contributed by atoms with Crippen LogP contribution >= 0.6 is 0 Å². The van der Waals surface area contributed by atoms with E-state index in [1.165, 1.54) is 44.9 Å². The van der Waals surface area contributed by atoms with Gasteiger partial charge in [-0.2, -0.15) is 0 Å². The van der Waals surface area contributed by atoms with Crippen molar-refractivity contribution in [1.82, 2.24) is 5.32 Å². The van der Waals surface area contributed by atoms with Gasteiger partial charge in [0.25, 0.3) is 0 Å². The Morgan fingerprint density at radius 3 is 2.43 bits per heavy atom. The Bertz CT molecular complexity index is 178. The molecule has 2 aliphatic rings. The van der Waals surface area contributed by atoms with E-state index in [0.29, 0.717) is 0 Å². The van der Waals surface area contributed by atoms with Crippen LogP contribution < -0.4 is 5.32 Å². The van der Waals surface area contributed by atoms with Crippen LogP contribution in [0.4, 0.5) is 0 Å². The van der Waals surface area contributed by atoms with Gasteiger partial charge in [0.15, 0.2) is 0 Å². The molecule has 0 aliphatic heterocycles. The van der Waals surface area contributed by atoms with Gasteiger partial charge in [-0.25, -0.2) is 0 Å². The van der Waals surface area contributed by atoms with Crippen molar-refractivity contribution in [1.29, 1.82) is 0 Å². The maximum atomic E-state index is 3.55. The van der Waals surface area contributed by atoms with Gasteiger partial charge in [0, 0.05) is 6.04 Å². The number of hydrogen-bond donors (Lipinski definition) is 1. The molecule has 0 heterocycles.